The van der Waals surface area contributed by atoms with Crippen molar-refractivity contribution in [2.75, 3.05) is 13.1 Å². The third kappa shape index (κ3) is 4.73. The lowest BCUT2D eigenvalue weighted by Gasteiger charge is -2.33. The number of hydrogen-bond donors (Lipinski definition) is 1. The second-order valence-electron chi connectivity index (χ2n) is 9.48. The molecule has 5 nitrogen and oxygen atoms in total. The van der Waals surface area contributed by atoms with Gasteiger partial charge in [-0.15, -0.1) is 13.2 Å². The van der Waals surface area contributed by atoms with E-state index in [1.165, 1.54) is 23.9 Å². The highest BCUT2D eigenvalue weighted by molar-refractivity contribution is 5.94. The molecule has 0 spiro atoms. The number of ether oxygens (including phenoxy) is 1. The van der Waals surface area contributed by atoms with Crippen LogP contribution in [0.4, 0.5) is 17.6 Å². The number of likely N-dealkylation sites (tertiary alicyclic amines) is 1. The van der Waals surface area contributed by atoms with Gasteiger partial charge in [0.25, 0.3) is 5.91 Å². The Morgan fingerprint density at radius 3 is 2.57 bits per heavy atom. The van der Waals surface area contributed by atoms with Crippen molar-refractivity contribution in [2.45, 2.75) is 57.7 Å². The molecule has 1 atom stereocenters. The number of hydrogen-bond acceptors (Lipinski definition) is 3. The van der Waals surface area contributed by atoms with E-state index in [2.05, 4.69) is 21.6 Å². The number of H-pyrrole nitrogens is 1. The molecule has 2 aromatic heterocycles. The summed E-state index contributed by atoms with van der Waals surface area (Å²) >= 11 is 0. The number of piperidine rings is 1. The summed E-state index contributed by atoms with van der Waals surface area (Å²) in [7, 11) is 0. The Hall–Kier alpha value is -3.10. The van der Waals surface area contributed by atoms with Crippen molar-refractivity contribution in [3.63, 3.8) is 0 Å². The van der Waals surface area contributed by atoms with Gasteiger partial charge in [-0.05, 0) is 73.8 Å². The number of carbonyl (C=O) groups is 1. The third-order valence-corrected chi connectivity index (χ3v) is 7.40. The quantitative estimate of drug-likeness (QED) is 0.431. The summed E-state index contributed by atoms with van der Waals surface area (Å²) in [5.41, 5.74) is 4.09. The maximum atomic E-state index is 15.2. The number of carbonyl (C=O) groups excluding carboxylic acids is 1. The Labute approximate surface area is 202 Å². The molecule has 1 aromatic carbocycles. The SMILES string of the molecule is CC[C@H]1CCc2[nH]c3ncc(F)c(C4CCN(C(=O)c5ccc(OC(F)(F)F)cc5)CC4)c3c2C1.[HH]. The van der Waals surface area contributed by atoms with Crippen molar-refractivity contribution in [2.24, 2.45) is 5.92 Å². The summed E-state index contributed by atoms with van der Waals surface area (Å²) in [4.78, 5) is 22.3. The Balaban J connectivity index is 0.00000304. The highest BCUT2D eigenvalue weighted by Gasteiger charge is 2.32. The largest absolute Gasteiger partial charge is 0.573 e. The monoisotopic (exact) mass is 491 g/mol. The van der Waals surface area contributed by atoms with E-state index in [1.54, 1.807) is 4.90 Å². The zero-order valence-electron chi connectivity index (χ0n) is 19.4. The number of rotatable bonds is 4. The van der Waals surface area contributed by atoms with Crippen LogP contribution in [0, 0.1) is 11.7 Å². The zero-order valence-corrected chi connectivity index (χ0v) is 19.4. The van der Waals surface area contributed by atoms with Crippen molar-refractivity contribution in [1.29, 1.82) is 0 Å². The van der Waals surface area contributed by atoms with Gasteiger partial charge < -0.3 is 14.6 Å². The molecule has 1 aliphatic heterocycles. The lowest BCUT2D eigenvalue weighted by Crippen LogP contribution is -2.38. The molecular formula is C26H29F4N3O2. The lowest BCUT2D eigenvalue weighted by atomic mass is 9.81. The van der Waals surface area contributed by atoms with Crippen LogP contribution in [-0.2, 0) is 12.8 Å². The molecule has 1 N–H and O–H groups in total. The van der Waals surface area contributed by atoms with Gasteiger partial charge in [0.05, 0.1) is 6.20 Å². The van der Waals surface area contributed by atoms with E-state index < -0.39 is 6.36 Å². The average Bonchev–Trinajstić information content (AvgIpc) is 3.21. The highest BCUT2D eigenvalue weighted by Crippen LogP contribution is 2.40. The van der Waals surface area contributed by atoms with Crippen molar-refractivity contribution in [3.05, 3.63) is 58.7 Å². The van der Waals surface area contributed by atoms with Gasteiger partial charge in [-0.2, -0.15) is 0 Å². The Bertz CT molecular complexity index is 1230. The summed E-state index contributed by atoms with van der Waals surface area (Å²) in [6.45, 7) is 3.07. The first-order valence-electron chi connectivity index (χ1n) is 12.1. The molecule has 0 unspecified atom stereocenters. The molecule has 1 fully saturated rings. The first-order chi connectivity index (χ1) is 16.7. The maximum absolute atomic E-state index is 15.2. The van der Waals surface area contributed by atoms with Crippen LogP contribution in [0.25, 0.3) is 11.0 Å². The Kier molecular flexibility index (Phi) is 6.19. The van der Waals surface area contributed by atoms with Crippen LogP contribution in [0.2, 0.25) is 0 Å². The topological polar surface area (TPSA) is 58.2 Å². The summed E-state index contributed by atoms with van der Waals surface area (Å²) in [6.07, 6.45) is 1.81. The first-order valence-corrected chi connectivity index (χ1v) is 12.1. The molecule has 3 heterocycles. The average molecular weight is 492 g/mol. The number of amides is 1. The molecule has 35 heavy (non-hydrogen) atoms. The van der Waals surface area contributed by atoms with E-state index in [0.717, 1.165) is 54.5 Å². The van der Waals surface area contributed by atoms with Gasteiger partial charge in [-0.3, -0.25) is 4.79 Å². The summed E-state index contributed by atoms with van der Waals surface area (Å²) in [5.74, 6) is -0.376. The normalized spacial score (nSPS) is 19.1. The van der Waals surface area contributed by atoms with Crippen molar-refractivity contribution < 1.29 is 28.5 Å². The number of fused-ring (bicyclic) bond motifs is 3. The van der Waals surface area contributed by atoms with Crippen molar-refractivity contribution in [1.82, 2.24) is 14.9 Å². The molecule has 5 rings (SSSR count). The van der Waals surface area contributed by atoms with Gasteiger partial charge in [0.15, 0.2) is 0 Å². The van der Waals surface area contributed by atoms with Crippen molar-refractivity contribution in [3.8, 4) is 5.75 Å². The van der Waals surface area contributed by atoms with Crippen molar-refractivity contribution >= 4 is 16.9 Å². The van der Waals surface area contributed by atoms with Gasteiger partial charge in [0.2, 0.25) is 0 Å². The molecule has 0 saturated carbocycles. The fourth-order valence-corrected chi connectivity index (χ4v) is 5.55. The fourth-order valence-electron chi connectivity index (χ4n) is 5.55. The van der Waals surface area contributed by atoms with E-state index in [-0.39, 0.29) is 24.8 Å². The van der Waals surface area contributed by atoms with Crippen LogP contribution in [0.1, 0.15) is 67.1 Å². The molecule has 9 heteroatoms. The molecule has 1 saturated heterocycles. The fraction of sp³-hybridized carbons (Fsp3) is 0.462. The molecule has 0 bridgehead atoms. The van der Waals surface area contributed by atoms with E-state index in [0.29, 0.717) is 43.0 Å². The van der Waals surface area contributed by atoms with Crippen LogP contribution in [-0.4, -0.2) is 40.2 Å². The van der Waals surface area contributed by atoms with Crippen LogP contribution in [0.3, 0.4) is 0 Å². The number of aromatic nitrogens is 2. The second-order valence-corrected chi connectivity index (χ2v) is 9.48. The minimum absolute atomic E-state index is 0. The maximum Gasteiger partial charge on any atom is 0.573 e. The van der Waals surface area contributed by atoms with Gasteiger partial charge >= 0.3 is 6.36 Å². The molecule has 1 amide bonds. The van der Waals surface area contributed by atoms with Gasteiger partial charge in [0.1, 0.15) is 17.2 Å². The number of nitrogens with one attached hydrogen (secondary N) is 1. The number of halogens is 4. The van der Waals surface area contributed by atoms with E-state index in [9.17, 15) is 18.0 Å². The van der Waals surface area contributed by atoms with Gasteiger partial charge in [-0.1, -0.05) is 13.3 Å². The molecule has 1 aliphatic carbocycles. The highest BCUT2D eigenvalue weighted by atomic mass is 19.4. The smallest absolute Gasteiger partial charge is 0.406 e. The number of pyridine rings is 1. The Morgan fingerprint density at radius 1 is 1.20 bits per heavy atom. The predicted octanol–water partition coefficient (Wildman–Crippen LogP) is 6.38. The third-order valence-electron chi connectivity index (χ3n) is 7.40. The minimum atomic E-state index is -4.78. The minimum Gasteiger partial charge on any atom is -0.406 e. The summed E-state index contributed by atoms with van der Waals surface area (Å²) in [6, 6.07) is 4.93. The van der Waals surface area contributed by atoms with Crippen LogP contribution < -0.4 is 4.74 Å². The number of aryl methyl sites for hydroxylation is 1. The molecule has 188 valence electrons. The molecule has 3 aromatic rings. The van der Waals surface area contributed by atoms with Gasteiger partial charge in [-0.25, -0.2) is 9.37 Å². The molecular weight excluding hydrogens is 462 g/mol. The standard InChI is InChI=1S/C26H27F4N3O2.H2/c1-2-15-3-8-21-19(13-15)23-22(20(27)14-31-24(23)32-21)16-9-11-33(12-10-16)25(34)17-4-6-18(7-5-17)35-26(28,29)30;/h4-7,14-16H,2-3,8-13H2,1H3,(H,31,32);1H/t15-;/m0./s1. The van der Waals surface area contributed by atoms with E-state index in [4.69, 9.17) is 0 Å². The molecule has 0 radical (unpaired) electrons. The predicted molar refractivity (Wildman–Crippen MR) is 125 cm³/mol. The number of nitrogens with zero attached hydrogens (tertiary/aromatic N) is 2. The zero-order chi connectivity index (χ0) is 24.7. The van der Waals surface area contributed by atoms with E-state index in [1.807, 2.05) is 0 Å². The Morgan fingerprint density at radius 2 is 1.91 bits per heavy atom. The summed E-state index contributed by atoms with van der Waals surface area (Å²) in [5, 5.41) is 0.920. The number of benzene rings is 1. The second kappa shape index (κ2) is 9.17. The van der Waals surface area contributed by atoms with Gasteiger partial charge in [0, 0.05) is 36.7 Å². The van der Waals surface area contributed by atoms with Crippen LogP contribution in [0.5, 0.6) is 5.75 Å². The van der Waals surface area contributed by atoms with E-state index >= 15 is 4.39 Å². The number of alkyl halides is 3. The lowest BCUT2D eigenvalue weighted by molar-refractivity contribution is -0.274. The molecule has 2 aliphatic rings. The van der Waals surface area contributed by atoms with Crippen LogP contribution in [0.15, 0.2) is 30.5 Å². The number of aromatic amines is 1. The van der Waals surface area contributed by atoms with Crippen LogP contribution >= 0.6 is 0 Å². The first kappa shape index (κ1) is 23.6. The summed E-state index contributed by atoms with van der Waals surface area (Å²) < 4.78 is 56.1.